The van der Waals surface area contributed by atoms with E-state index in [4.69, 9.17) is 10.9 Å². The van der Waals surface area contributed by atoms with Crippen LogP contribution < -0.4 is 10.6 Å². The molecule has 5 heteroatoms. The van der Waals surface area contributed by atoms with Crippen LogP contribution in [0.2, 0.25) is 0 Å². The zero-order valence-corrected chi connectivity index (χ0v) is 12.7. The normalized spacial score (nSPS) is 17.5. The molecule has 0 radical (unpaired) electrons. The molecule has 1 saturated carbocycles. The van der Waals surface area contributed by atoms with Crippen LogP contribution in [0.4, 0.5) is 5.69 Å². The largest absolute Gasteiger partial charge is 0.409 e. The summed E-state index contributed by atoms with van der Waals surface area (Å²) in [5.74, 6) is 0.144. The monoisotopic (exact) mass is 325 g/mol. The summed E-state index contributed by atoms with van der Waals surface area (Å²) in [6.45, 7) is 0. The molecule has 1 aliphatic carbocycles. The highest BCUT2D eigenvalue weighted by atomic mass is 79.9. The molecule has 1 aliphatic rings. The van der Waals surface area contributed by atoms with Crippen LogP contribution in [0.5, 0.6) is 0 Å². The molecular weight excluding hydrogens is 306 g/mol. The van der Waals surface area contributed by atoms with Gasteiger partial charge in [-0.2, -0.15) is 0 Å². The van der Waals surface area contributed by atoms with E-state index < -0.39 is 0 Å². The van der Waals surface area contributed by atoms with Crippen molar-refractivity contribution in [2.45, 2.75) is 38.1 Å². The topological polar surface area (TPSA) is 61.8 Å². The zero-order chi connectivity index (χ0) is 13.8. The van der Waals surface area contributed by atoms with Gasteiger partial charge in [0.15, 0.2) is 5.84 Å². The van der Waals surface area contributed by atoms with E-state index in [9.17, 15) is 0 Å². The van der Waals surface area contributed by atoms with E-state index in [0.29, 0.717) is 6.04 Å². The fraction of sp³-hybridized carbons (Fsp3) is 0.500. The Hall–Kier alpha value is -1.23. The first kappa shape index (κ1) is 14.2. The highest BCUT2D eigenvalue weighted by molar-refractivity contribution is 9.10. The third-order valence-corrected chi connectivity index (χ3v) is 4.52. The summed E-state index contributed by atoms with van der Waals surface area (Å²) in [7, 11) is 2.09. The summed E-state index contributed by atoms with van der Waals surface area (Å²) in [6, 6.07) is 6.44. The molecule has 0 aliphatic heterocycles. The van der Waals surface area contributed by atoms with Gasteiger partial charge in [0.1, 0.15) is 0 Å². The summed E-state index contributed by atoms with van der Waals surface area (Å²) in [5.41, 5.74) is 7.58. The van der Waals surface area contributed by atoms with E-state index >= 15 is 0 Å². The van der Waals surface area contributed by atoms with Gasteiger partial charge in [0.25, 0.3) is 0 Å². The Morgan fingerprint density at radius 1 is 1.37 bits per heavy atom. The highest BCUT2D eigenvalue weighted by Gasteiger charge is 2.22. The Morgan fingerprint density at radius 3 is 2.68 bits per heavy atom. The SMILES string of the molecule is CN(c1cccc(Br)c1/C(N)=N/O)C1CCCCC1. The number of hydrogen-bond donors (Lipinski definition) is 2. The van der Waals surface area contributed by atoms with E-state index in [1.54, 1.807) is 0 Å². The Kier molecular flexibility index (Phi) is 4.69. The van der Waals surface area contributed by atoms with Crippen LogP contribution in [-0.4, -0.2) is 24.1 Å². The van der Waals surface area contributed by atoms with Gasteiger partial charge in [0, 0.05) is 23.2 Å². The van der Waals surface area contributed by atoms with Crippen molar-refractivity contribution in [3.05, 3.63) is 28.2 Å². The van der Waals surface area contributed by atoms with Crippen molar-refractivity contribution >= 4 is 27.5 Å². The van der Waals surface area contributed by atoms with Crippen molar-refractivity contribution in [3.63, 3.8) is 0 Å². The van der Waals surface area contributed by atoms with Crippen molar-refractivity contribution < 1.29 is 5.21 Å². The maximum atomic E-state index is 8.95. The second kappa shape index (κ2) is 6.28. The van der Waals surface area contributed by atoms with Crippen LogP contribution in [0.15, 0.2) is 27.8 Å². The van der Waals surface area contributed by atoms with Crippen molar-refractivity contribution in [3.8, 4) is 0 Å². The first-order chi connectivity index (χ1) is 9.15. The van der Waals surface area contributed by atoms with Crippen LogP contribution in [0.25, 0.3) is 0 Å². The summed E-state index contributed by atoms with van der Waals surface area (Å²) >= 11 is 3.48. The molecule has 0 spiro atoms. The van der Waals surface area contributed by atoms with Gasteiger partial charge in [-0.05, 0) is 40.9 Å². The van der Waals surface area contributed by atoms with Gasteiger partial charge in [-0.1, -0.05) is 30.5 Å². The van der Waals surface area contributed by atoms with Crippen molar-refractivity contribution in [1.82, 2.24) is 0 Å². The number of rotatable bonds is 3. The zero-order valence-electron chi connectivity index (χ0n) is 11.1. The van der Waals surface area contributed by atoms with Crippen molar-refractivity contribution in [2.24, 2.45) is 10.9 Å². The van der Waals surface area contributed by atoms with E-state index in [2.05, 4.69) is 33.0 Å². The fourth-order valence-corrected chi connectivity index (χ4v) is 3.33. The average molecular weight is 326 g/mol. The minimum atomic E-state index is 0.144. The maximum Gasteiger partial charge on any atom is 0.173 e. The predicted molar refractivity (Wildman–Crippen MR) is 81.9 cm³/mol. The average Bonchev–Trinajstić information content (AvgIpc) is 2.46. The van der Waals surface area contributed by atoms with Crippen LogP contribution in [0.1, 0.15) is 37.7 Å². The first-order valence-electron chi connectivity index (χ1n) is 6.64. The maximum absolute atomic E-state index is 8.95. The molecule has 4 nitrogen and oxygen atoms in total. The Balaban J connectivity index is 2.35. The quantitative estimate of drug-likeness (QED) is 0.388. The van der Waals surface area contributed by atoms with Gasteiger partial charge in [0.05, 0.1) is 5.56 Å². The third-order valence-electron chi connectivity index (χ3n) is 3.86. The molecule has 1 fully saturated rings. The van der Waals surface area contributed by atoms with E-state index in [1.165, 1.54) is 32.1 Å². The molecule has 0 aromatic heterocycles. The lowest BCUT2D eigenvalue weighted by Gasteiger charge is -2.34. The standard InChI is InChI=1S/C14H20BrN3O/c1-18(10-6-3-2-4-7-10)12-9-5-8-11(15)13(12)14(16)17-19/h5,8-10,19H,2-4,6-7H2,1H3,(H2,16,17). The molecule has 0 atom stereocenters. The number of nitrogens with two attached hydrogens (primary N) is 1. The number of hydrogen-bond acceptors (Lipinski definition) is 3. The molecule has 1 aromatic carbocycles. The van der Waals surface area contributed by atoms with E-state index in [-0.39, 0.29) is 5.84 Å². The Morgan fingerprint density at radius 2 is 2.05 bits per heavy atom. The van der Waals surface area contributed by atoms with Crippen molar-refractivity contribution in [1.29, 1.82) is 0 Å². The lowest BCUT2D eigenvalue weighted by atomic mass is 9.93. The number of halogens is 1. The molecule has 3 N–H and O–H groups in total. The molecule has 0 heterocycles. The molecule has 0 saturated heterocycles. The lowest BCUT2D eigenvalue weighted by Crippen LogP contribution is -2.35. The molecule has 104 valence electrons. The number of nitrogens with zero attached hydrogens (tertiary/aromatic N) is 2. The van der Waals surface area contributed by atoms with Crippen LogP contribution in [0.3, 0.4) is 0 Å². The summed E-state index contributed by atoms with van der Waals surface area (Å²) in [6.07, 6.45) is 6.30. The molecule has 0 unspecified atom stereocenters. The van der Waals surface area contributed by atoms with Crippen LogP contribution in [-0.2, 0) is 0 Å². The second-order valence-corrected chi connectivity index (χ2v) is 5.88. The molecule has 1 aromatic rings. The number of benzene rings is 1. The van der Waals surface area contributed by atoms with Gasteiger partial charge in [-0.25, -0.2) is 0 Å². The fourth-order valence-electron chi connectivity index (χ4n) is 2.78. The first-order valence-corrected chi connectivity index (χ1v) is 7.43. The molecule has 2 rings (SSSR count). The molecular formula is C14H20BrN3O. The van der Waals surface area contributed by atoms with Crippen molar-refractivity contribution in [2.75, 3.05) is 11.9 Å². The van der Waals surface area contributed by atoms with Crippen LogP contribution >= 0.6 is 15.9 Å². The summed E-state index contributed by atoms with van der Waals surface area (Å²) in [5, 5.41) is 12.1. The minimum absolute atomic E-state index is 0.144. The van der Waals surface area contributed by atoms with Gasteiger partial charge >= 0.3 is 0 Å². The van der Waals surface area contributed by atoms with Gasteiger partial charge < -0.3 is 15.8 Å². The molecule has 0 bridgehead atoms. The van der Waals surface area contributed by atoms with Gasteiger partial charge in [-0.3, -0.25) is 0 Å². The number of amidine groups is 1. The van der Waals surface area contributed by atoms with E-state index in [1.807, 2.05) is 18.2 Å². The van der Waals surface area contributed by atoms with Gasteiger partial charge in [0.2, 0.25) is 0 Å². The smallest absolute Gasteiger partial charge is 0.173 e. The Labute approximate surface area is 122 Å². The Bertz CT molecular complexity index is 470. The number of anilines is 1. The molecule has 19 heavy (non-hydrogen) atoms. The summed E-state index contributed by atoms with van der Waals surface area (Å²) in [4.78, 5) is 2.26. The summed E-state index contributed by atoms with van der Waals surface area (Å²) < 4.78 is 0.850. The van der Waals surface area contributed by atoms with Crippen LogP contribution in [0, 0.1) is 0 Å². The molecule has 0 amide bonds. The predicted octanol–water partition coefficient (Wildman–Crippen LogP) is 3.31. The van der Waals surface area contributed by atoms with E-state index in [0.717, 1.165) is 15.7 Å². The highest BCUT2D eigenvalue weighted by Crippen LogP contribution is 2.31. The van der Waals surface area contributed by atoms with Gasteiger partial charge in [-0.15, -0.1) is 0 Å². The number of oxime groups is 1. The lowest BCUT2D eigenvalue weighted by molar-refractivity contribution is 0.318. The second-order valence-electron chi connectivity index (χ2n) is 5.02. The third kappa shape index (κ3) is 3.03. The minimum Gasteiger partial charge on any atom is -0.409 e.